The monoisotopic (exact) mass is 461 g/mol. The third-order valence-electron chi connectivity index (χ3n) is 5.55. The van der Waals surface area contributed by atoms with Crippen LogP contribution in [0.5, 0.6) is 0 Å². The van der Waals surface area contributed by atoms with Crippen molar-refractivity contribution in [2.75, 3.05) is 19.5 Å². The summed E-state index contributed by atoms with van der Waals surface area (Å²) in [6, 6.07) is 15.9. The quantitative estimate of drug-likeness (QED) is 0.260. The Bertz CT molecular complexity index is 1230. The maximum atomic E-state index is 13.2. The number of pyridine rings is 1. The summed E-state index contributed by atoms with van der Waals surface area (Å²) in [5, 5.41) is 9.51. The molecule has 4 rings (SSSR count). The molecule has 0 aliphatic carbocycles. The average molecular weight is 462 g/mol. The third kappa shape index (κ3) is 4.77. The zero-order chi connectivity index (χ0) is 23.4. The van der Waals surface area contributed by atoms with Crippen molar-refractivity contribution < 1.29 is 9.53 Å². The molecule has 0 aliphatic heterocycles. The Morgan fingerprint density at radius 2 is 1.82 bits per heavy atom. The number of thioether (sulfide) groups is 1. The zero-order valence-electron chi connectivity index (χ0n) is 19.2. The van der Waals surface area contributed by atoms with Gasteiger partial charge in [-0.15, -0.1) is 10.2 Å². The van der Waals surface area contributed by atoms with Gasteiger partial charge < -0.3 is 9.30 Å². The topological polar surface area (TPSA) is 74.8 Å². The Morgan fingerprint density at radius 3 is 2.52 bits per heavy atom. The Hall–Kier alpha value is -3.23. The molecule has 1 aromatic carbocycles. The van der Waals surface area contributed by atoms with Gasteiger partial charge in [-0.1, -0.05) is 30.0 Å². The van der Waals surface area contributed by atoms with E-state index >= 15 is 0 Å². The molecule has 170 valence electrons. The van der Waals surface area contributed by atoms with E-state index in [1.54, 1.807) is 19.5 Å². The highest BCUT2D eigenvalue weighted by Gasteiger charge is 2.21. The number of hydrogen-bond donors (Lipinski definition) is 0. The van der Waals surface area contributed by atoms with E-state index in [4.69, 9.17) is 4.74 Å². The number of rotatable bonds is 9. The van der Waals surface area contributed by atoms with Crippen LogP contribution in [0.3, 0.4) is 0 Å². The van der Waals surface area contributed by atoms with Crippen molar-refractivity contribution in [2.24, 2.45) is 0 Å². The third-order valence-corrected chi connectivity index (χ3v) is 6.48. The van der Waals surface area contributed by atoms with Crippen molar-refractivity contribution in [3.05, 3.63) is 77.9 Å². The standard InChI is InChI=1S/C25H27N5O2S/c1-17-14-22(19(3)29(17)18(2)15-32-4)23(31)16-33-25-28-27-24(20-10-12-26-13-11-20)30(25)21-8-6-5-7-9-21/h5-14,18H,15-16H2,1-4H3/t18-/m1/s1. The van der Waals surface area contributed by atoms with Crippen LogP contribution in [0.2, 0.25) is 0 Å². The molecule has 0 amide bonds. The molecule has 3 aromatic heterocycles. The molecule has 4 aromatic rings. The SMILES string of the molecule is COC[C@@H](C)n1c(C)cc(C(=O)CSc2nnc(-c3ccncc3)n2-c2ccccc2)c1C. The Morgan fingerprint density at radius 1 is 1.09 bits per heavy atom. The van der Waals surface area contributed by atoms with E-state index < -0.39 is 0 Å². The highest BCUT2D eigenvalue weighted by molar-refractivity contribution is 7.99. The van der Waals surface area contributed by atoms with E-state index in [0.29, 0.717) is 17.6 Å². The Labute approximate surface area is 197 Å². The molecule has 8 heteroatoms. The van der Waals surface area contributed by atoms with Crippen molar-refractivity contribution in [3.63, 3.8) is 0 Å². The zero-order valence-corrected chi connectivity index (χ0v) is 20.0. The summed E-state index contributed by atoms with van der Waals surface area (Å²) in [6.45, 7) is 6.70. The number of aryl methyl sites for hydroxylation is 1. The fraction of sp³-hybridized carbons (Fsp3) is 0.280. The van der Waals surface area contributed by atoms with Gasteiger partial charge in [0.2, 0.25) is 0 Å². The van der Waals surface area contributed by atoms with Gasteiger partial charge in [-0.2, -0.15) is 0 Å². The van der Waals surface area contributed by atoms with E-state index in [1.807, 2.05) is 66.9 Å². The minimum atomic E-state index is 0.0667. The van der Waals surface area contributed by atoms with Crippen molar-refractivity contribution in [1.82, 2.24) is 24.3 Å². The normalized spacial score (nSPS) is 12.1. The second-order valence-electron chi connectivity index (χ2n) is 7.88. The molecule has 0 aliphatic rings. The molecule has 0 spiro atoms. The number of ketones is 1. The minimum Gasteiger partial charge on any atom is -0.383 e. The van der Waals surface area contributed by atoms with E-state index in [9.17, 15) is 4.79 Å². The number of carbonyl (C=O) groups excluding carboxylic acids is 1. The number of aromatic nitrogens is 5. The number of hydrogen-bond acceptors (Lipinski definition) is 6. The molecule has 7 nitrogen and oxygen atoms in total. The Kier molecular flexibility index (Phi) is 7.05. The molecular weight excluding hydrogens is 434 g/mol. The Balaban J connectivity index is 1.61. The molecule has 0 fully saturated rings. The van der Waals surface area contributed by atoms with Gasteiger partial charge in [0, 0.05) is 47.7 Å². The molecule has 1 atom stereocenters. The fourth-order valence-corrected chi connectivity index (χ4v) is 4.96. The first-order valence-corrected chi connectivity index (χ1v) is 11.7. The van der Waals surface area contributed by atoms with Crippen LogP contribution in [-0.2, 0) is 4.74 Å². The lowest BCUT2D eigenvalue weighted by molar-refractivity contribution is 0.102. The number of methoxy groups -OCH3 is 1. The van der Waals surface area contributed by atoms with Gasteiger partial charge in [-0.3, -0.25) is 14.3 Å². The van der Waals surface area contributed by atoms with Crippen LogP contribution in [0.1, 0.15) is 34.7 Å². The van der Waals surface area contributed by atoms with Gasteiger partial charge in [0.15, 0.2) is 16.8 Å². The molecule has 0 saturated heterocycles. The molecule has 0 unspecified atom stereocenters. The lowest BCUT2D eigenvalue weighted by atomic mass is 10.2. The minimum absolute atomic E-state index is 0.0667. The molecule has 0 saturated carbocycles. The molecule has 33 heavy (non-hydrogen) atoms. The molecular formula is C25H27N5O2S. The number of Topliss-reactive ketones (excluding diaryl/α,β-unsaturated/α-hetero) is 1. The smallest absolute Gasteiger partial charge is 0.196 e. The highest BCUT2D eigenvalue weighted by atomic mass is 32.2. The predicted molar refractivity (Wildman–Crippen MR) is 130 cm³/mol. The van der Waals surface area contributed by atoms with Crippen LogP contribution in [0.4, 0.5) is 0 Å². The number of ether oxygens (including phenoxy) is 1. The van der Waals surface area contributed by atoms with Crippen LogP contribution in [0, 0.1) is 13.8 Å². The first-order valence-electron chi connectivity index (χ1n) is 10.8. The average Bonchev–Trinajstić information content (AvgIpc) is 3.39. The summed E-state index contributed by atoms with van der Waals surface area (Å²) in [6.07, 6.45) is 3.46. The lowest BCUT2D eigenvalue weighted by Crippen LogP contribution is -2.14. The lowest BCUT2D eigenvalue weighted by Gasteiger charge is -2.17. The molecule has 0 bridgehead atoms. The summed E-state index contributed by atoms with van der Waals surface area (Å²) >= 11 is 1.39. The summed E-state index contributed by atoms with van der Waals surface area (Å²) < 4.78 is 9.45. The first kappa shape index (κ1) is 22.9. The van der Waals surface area contributed by atoms with E-state index in [0.717, 1.165) is 28.2 Å². The number of nitrogens with zero attached hydrogens (tertiary/aromatic N) is 5. The van der Waals surface area contributed by atoms with Crippen LogP contribution >= 0.6 is 11.8 Å². The molecule has 0 N–H and O–H groups in total. The van der Waals surface area contributed by atoms with Gasteiger partial charge >= 0.3 is 0 Å². The fourth-order valence-electron chi connectivity index (χ4n) is 4.12. The summed E-state index contributed by atoms with van der Waals surface area (Å²) in [5.74, 6) is 1.05. The van der Waals surface area contributed by atoms with Gasteiger partial charge in [-0.25, -0.2) is 0 Å². The van der Waals surface area contributed by atoms with Crippen LogP contribution < -0.4 is 0 Å². The van der Waals surface area contributed by atoms with Crippen molar-refractivity contribution >= 4 is 17.5 Å². The van der Waals surface area contributed by atoms with Crippen molar-refractivity contribution in [2.45, 2.75) is 32.0 Å². The van der Waals surface area contributed by atoms with Crippen LogP contribution in [0.15, 0.2) is 66.1 Å². The van der Waals surface area contributed by atoms with Gasteiger partial charge in [0.05, 0.1) is 18.4 Å². The predicted octanol–water partition coefficient (Wildman–Crippen LogP) is 4.93. The van der Waals surface area contributed by atoms with Crippen LogP contribution in [-0.4, -0.2) is 49.6 Å². The maximum Gasteiger partial charge on any atom is 0.196 e. The maximum absolute atomic E-state index is 13.2. The summed E-state index contributed by atoms with van der Waals surface area (Å²) in [7, 11) is 1.69. The molecule has 3 heterocycles. The van der Waals surface area contributed by atoms with Gasteiger partial charge in [-0.05, 0) is 51.1 Å². The van der Waals surface area contributed by atoms with Crippen molar-refractivity contribution in [3.8, 4) is 17.1 Å². The number of para-hydroxylation sites is 1. The van der Waals surface area contributed by atoms with Gasteiger partial charge in [0.1, 0.15) is 0 Å². The largest absolute Gasteiger partial charge is 0.383 e. The number of carbonyl (C=O) groups is 1. The first-order chi connectivity index (χ1) is 16.0. The van der Waals surface area contributed by atoms with E-state index in [2.05, 4.69) is 26.7 Å². The second kappa shape index (κ2) is 10.1. The molecule has 0 radical (unpaired) electrons. The van der Waals surface area contributed by atoms with E-state index in [1.165, 1.54) is 11.8 Å². The van der Waals surface area contributed by atoms with Gasteiger partial charge in [0.25, 0.3) is 0 Å². The highest BCUT2D eigenvalue weighted by Crippen LogP contribution is 2.29. The number of benzene rings is 1. The van der Waals surface area contributed by atoms with Crippen LogP contribution in [0.25, 0.3) is 17.1 Å². The second-order valence-corrected chi connectivity index (χ2v) is 8.83. The van der Waals surface area contributed by atoms with E-state index in [-0.39, 0.29) is 17.6 Å². The summed E-state index contributed by atoms with van der Waals surface area (Å²) in [5.41, 5.74) is 4.61. The summed E-state index contributed by atoms with van der Waals surface area (Å²) in [4.78, 5) is 17.3. The van der Waals surface area contributed by atoms with Crippen molar-refractivity contribution in [1.29, 1.82) is 0 Å².